The summed E-state index contributed by atoms with van der Waals surface area (Å²) in [4.78, 5) is 17.3. The number of hydrogen-bond donors (Lipinski definition) is 0. The Balaban J connectivity index is 1.63. The van der Waals surface area contributed by atoms with Crippen molar-refractivity contribution in [1.29, 1.82) is 0 Å². The van der Waals surface area contributed by atoms with Crippen molar-refractivity contribution >= 4 is 16.8 Å². The maximum absolute atomic E-state index is 14.0. The molecule has 0 bridgehead atoms. The van der Waals surface area contributed by atoms with Crippen LogP contribution in [0.3, 0.4) is 0 Å². The van der Waals surface area contributed by atoms with Gasteiger partial charge in [-0.1, -0.05) is 0 Å². The molecule has 0 fully saturated rings. The lowest BCUT2D eigenvalue weighted by Gasteiger charge is -2.16. The summed E-state index contributed by atoms with van der Waals surface area (Å²) in [6.07, 6.45) is -8.58. The van der Waals surface area contributed by atoms with Crippen molar-refractivity contribution < 1.29 is 40.3 Å². The van der Waals surface area contributed by atoms with E-state index in [0.29, 0.717) is 17.8 Å². The summed E-state index contributed by atoms with van der Waals surface area (Å²) in [5, 5.41) is 0.0564. The highest BCUT2D eigenvalue weighted by atomic mass is 19.4. The van der Waals surface area contributed by atoms with Crippen molar-refractivity contribution in [3.63, 3.8) is 0 Å². The van der Waals surface area contributed by atoms with Gasteiger partial charge in [0.25, 0.3) is 5.91 Å². The maximum Gasteiger partial charge on any atom is 0.416 e. The highest BCUT2D eigenvalue weighted by Gasteiger charge is 2.37. The van der Waals surface area contributed by atoms with Gasteiger partial charge in [-0.15, -0.1) is 0 Å². The smallest absolute Gasteiger partial charge is 0.416 e. The Kier molecular flexibility index (Phi) is 4.71. The molecule has 174 valence electrons. The summed E-state index contributed by atoms with van der Waals surface area (Å²) < 4.78 is 100. The van der Waals surface area contributed by atoms with Gasteiger partial charge in [-0.05, 0) is 54.1 Å². The molecule has 0 unspecified atom stereocenters. The molecule has 5 rings (SSSR count). The topological polar surface area (TPSA) is 44.1 Å². The van der Waals surface area contributed by atoms with Crippen LogP contribution in [0, 0.1) is 5.82 Å². The number of rotatable bonds is 3. The monoisotopic (exact) mass is 480 g/mol. The molecule has 34 heavy (non-hydrogen) atoms. The standard InChI is InChI=1S/C23H11F7N2O2/c24-14-3-4-16-15(9-14)20(18-19(31-16)17-2-1-5-32(17)21(18)33)34-10-11-6-12(22(25,26)27)8-13(7-11)23(28,29)30/h1-9H,10H2. The Bertz CT molecular complexity index is 1440. The Hall–Kier alpha value is -3.89. The van der Waals surface area contributed by atoms with Gasteiger partial charge in [0.05, 0.1) is 22.3 Å². The number of benzene rings is 2. The fourth-order valence-corrected chi connectivity index (χ4v) is 3.87. The second kappa shape index (κ2) is 7.31. The van der Waals surface area contributed by atoms with E-state index in [2.05, 4.69) is 4.98 Å². The summed E-state index contributed by atoms with van der Waals surface area (Å²) >= 11 is 0. The minimum absolute atomic E-state index is 0.00914. The van der Waals surface area contributed by atoms with Crippen molar-refractivity contribution in [3.05, 3.63) is 82.8 Å². The number of hydrogen-bond acceptors (Lipinski definition) is 3. The van der Waals surface area contributed by atoms with Gasteiger partial charge < -0.3 is 4.74 Å². The van der Waals surface area contributed by atoms with E-state index in [1.165, 1.54) is 16.8 Å². The summed E-state index contributed by atoms with van der Waals surface area (Å²) in [6.45, 7) is -0.739. The Labute approximate surface area is 186 Å². The Morgan fingerprint density at radius 2 is 1.59 bits per heavy atom. The van der Waals surface area contributed by atoms with E-state index >= 15 is 0 Å². The Morgan fingerprint density at radius 3 is 2.24 bits per heavy atom. The van der Waals surface area contributed by atoms with Crippen LogP contribution in [0.25, 0.3) is 22.3 Å². The number of carbonyl (C=O) groups excluding carboxylic acids is 1. The Morgan fingerprint density at radius 1 is 0.912 bits per heavy atom. The van der Waals surface area contributed by atoms with Gasteiger partial charge in [-0.25, -0.2) is 9.37 Å². The molecule has 0 spiro atoms. The molecule has 0 amide bonds. The molecule has 2 aromatic heterocycles. The number of alkyl halides is 6. The number of carbonyl (C=O) groups is 1. The van der Waals surface area contributed by atoms with E-state index in [0.717, 1.165) is 12.1 Å². The zero-order chi connectivity index (χ0) is 24.4. The van der Waals surface area contributed by atoms with Crippen molar-refractivity contribution in [2.75, 3.05) is 0 Å². The van der Waals surface area contributed by atoms with Crippen LogP contribution in [0.2, 0.25) is 0 Å². The molecule has 1 aliphatic heterocycles. The van der Waals surface area contributed by atoms with Crippen LogP contribution in [0.4, 0.5) is 30.7 Å². The van der Waals surface area contributed by atoms with Gasteiger partial charge in [0.2, 0.25) is 0 Å². The number of fused-ring (bicyclic) bond motifs is 4. The first-order valence-electron chi connectivity index (χ1n) is 9.70. The second-order valence-electron chi connectivity index (χ2n) is 7.60. The van der Waals surface area contributed by atoms with Gasteiger partial charge in [-0.3, -0.25) is 9.36 Å². The lowest BCUT2D eigenvalue weighted by Crippen LogP contribution is -2.13. The average Bonchev–Trinajstić information content (AvgIpc) is 3.33. The molecule has 2 aromatic carbocycles. The quantitative estimate of drug-likeness (QED) is 0.279. The molecule has 4 nitrogen and oxygen atoms in total. The maximum atomic E-state index is 14.0. The fraction of sp³-hybridized carbons (Fsp3) is 0.130. The van der Waals surface area contributed by atoms with Gasteiger partial charge in [0.1, 0.15) is 29.4 Å². The lowest BCUT2D eigenvalue weighted by atomic mass is 10.0. The predicted octanol–water partition coefficient (Wildman–Crippen LogP) is 6.46. The first-order chi connectivity index (χ1) is 15.9. The molecule has 0 saturated heterocycles. The third-order valence-corrected chi connectivity index (χ3v) is 5.35. The summed E-state index contributed by atoms with van der Waals surface area (Å²) in [5.41, 5.74) is -2.61. The number of nitrogens with zero attached hydrogens (tertiary/aromatic N) is 2. The highest BCUT2D eigenvalue weighted by molar-refractivity contribution is 6.13. The van der Waals surface area contributed by atoms with Crippen molar-refractivity contribution in [2.45, 2.75) is 19.0 Å². The lowest BCUT2D eigenvalue weighted by molar-refractivity contribution is -0.143. The molecule has 0 atom stereocenters. The van der Waals surface area contributed by atoms with Crippen LogP contribution in [-0.2, 0) is 19.0 Å². The number of pyridine rings is 1. The normalized spacial score (nSPS) is 13.3. The van der Waals surface area contributed by atoms with E-state index in [4.69, 9.17) is 4.74 Å². The second-order valence-corrected chi connectivity index (χ2v) is 7.60. The summed E-state index contributed by atoms with van der Waals surface area (Å²) in [7, 11) is 0. The molecule has 1 aliphatic rings. The fourth-order valence-electron chi connectivity index (χ4n) is 3.87. The van der Waals surface area contributed by atoms with Gasteiger partial charge in [-0.2, -0.15) is 26.3 Å². The van der Waals surface area contributed by atoms with Gasteiger partial charge in [0, 0.05) is 11.6 Å². The molecule has 4 aromatic rings. The van der Waals surface area contributed by atoms with Crippen LogP contribution in [0.1, 0.15) is 27.0 Å². The minimum atomic E-state index is -5.02. The van der Waals surface area contributed by atoms with E-state index in [1.807, 2.05) is 0 Å². The molecule has 11 heteroatoms. The SMILES string of the molecule is O=C1c2c(nc3ccc(F)cc3c2OCc2cc(C(F)(F)F)cc(C(F)(F)F)c2)-c2cccn21. The number of halogens is 7. The van der Waals surface area contributed by atoms with E-state index < -0.39 is 47.4 Å². The minimum Gasteiger partial charge on any atom is -0.487 e. The zero-order valence-electron chi connectivity index (χ0n) is 16.8. The van der Waals surface area contributed by atoms with Crippen LogP contribution in [-0.4, -0.2) is 15.5 Å². The van der Waals surface area contributed by atoms with Crippen molar-refractivity contribution in [1.82, 2.24) is 9.55 Å². The molecule has 0 radical (unpaired) electrons. The average molecular weight is 480 g/mol. The molecular formula is C23H11F7N2O2. The molecule has 3 heterocycles. The summed E-state index contributed by atoms with van der Waals surface area (Å²) in [5.74, 6) is -1.44. The van der Waals surface area contributed by atoms with E-state index in [1.54, 1.807) is 12.1 Å². The molecular weight excluding hydrogens is 469 g/mol. The summed E-state index contributed by atoms with van der Waals surface area (Å²) in [6, 6.07) is 7.79. The first-order valence-corrected chi connectivity index (χ1v) is 9.70. The largest absolute Gasteiger partial charge is 0.487 e. The molecule has 0 saturated carbocycles. The van der Waals surface area contributed by atoms with Crippen molar-refractivity contribution in [2.24, 2.45) is 0 Å². The van der Waals surface area contributed by atoms with Crippen LogP contribution in [0.5, 0.6) is 5.75 Å². The molecule has 0 N–H and O–H groups in total. The van der Waals surface area contributed by atoms with E-state index in [-0.39, 0.29) is 34.0 Å². The molecule has 0 aliphatic carbocycles. The number of ether oxygens (including phenoxy) is 1. The van der Waals surface area contributed by atoms with Crippen molar-refractivity contribution in [3.8, 4) is 17.1 Å². The highest BCUT2D eigenvalue weighted by Crippen LogP contribution is 2.42. The van der Waals surface area contributed by atoms with Gasteiger partial charge in [0.15, 0.2) is 0 Å². The van der Waals surface area contributed by atoms with Gasteiger partial charge >= 0.3 is 12.4 Å². The predicted molar refractivity (Wildman–Crippen MR) is 106 cm³/mol. The third kappa shape index (κ3) is 3.57. The third-order valence-electron chi connectivity index (χ3n) is 5.35. The zero-order valence-corrected chi connectivity index (χ0v) is 16.8. The van der Waals surface area contributed by atoms with E-state index in [9.17, 15) is 35.5 Å². The number of aromatic nitrogens is 2. The van der Waals surface area contributed by atoms with Crippen LogP contribution >= 0.6 is 0 Å². The van der Waals surface area contributed by atoms with Crippen LogP contribution in [0.15, 0.2) is 54.7 Å². The first kappa shape index (κ1) is 21.9. The van der Waals surface area contributed by atoms with Crippen LogP contribution < -0.4 is 4.74 Å².